The Hall–Kier alpha value is -2.36. The highest BCUT2D eigenvalue weighted by Crippen LogP contribution is 2.25. The lowest BCUT2D eigenvalue weighted by molar-refractivity contribution is -0.128. The van der Waals surface area contributed by atoms with E-state index in [-0.39, 0.29) is 5.75 Å². The molecule has 0 bridgehead atoms. The molecule has 1 heterocycles. The van der Waals surface area contributed by atoms with Crippen LogP contribution >= 0.6 is 0 Å². The van der Waals surface area contributed by atoms with E-state index in [4.69, 9.17) is 9.15 Å². The lowest BCUT2D eigenvalue weighted by Gasteiger charge is -2.05. The molecule has 0 saturated heterocycles. The van der Waals surface area contributed by atoms with Gasteiger partial charge in [0.25, 0.3) is 0 Å². The maximum atomic E-state index is 11.4. The minimum atomic E-state index is -0.610. The summed E-state index contributed by atoms with van der Waals surface area (Å²) in [6.07, 6.45) is 1.87. The predicted octanol–water partition coefficient (Wildman–Crippen LogP) is 2.45. The zero-order valence-corrected chi connectivity index (χ0v) is 9.93. The Morgan fingerprint density at radius 1 is 1.44 bits per heavy atom. The standard InChI is InChI=1S/C14H12O4/c1-3-9-5-6-10-11(7-9)18-14(16)8-12(10)17-13(15)4-2/h4-8H,2-3H2,1H3. The van der Waals surface area contributed by atoms with Crippen LogP contribution in [0, 0.1) is 0 Å². The number of ether oxygens (including phenoxy) is 1. The monoisotopic (exact) mass is 244 g/mol. The van der Waals surface area contributed by atoms with Crippen LogP contribution < -0.4 is 10.4 Å². The predicted molar refractivity (Wildman–Crippen MR) is 67.7 cm³/mol. The fourth-order valence-corrected chi connectivity index (χ4v) is 1.63. The summed E-state index contributed by atoms with van der Waals surface area (Å²) in [6.45, 7) is 5.31. The third kappa shape index (κ3) is 2.32. The third-order valence-electron chi connectivity index (χ3n) is 2.56. The average Bonchev–Trinajstić information content (AvgIpc) is 2.37. The molecule has 0 saturated carbocycles. The fraction of sp³-hybridized carbons (Fsp3) is 0.143. The van der Waals surface area contributed by atoms with Crippen molar-refractivity contribution < 1.29 is 13.9 Å². The molecule has 92 valence electrons. The van der Waals surface area contributed by atoms with Crippen molar-refractivity contribution in [3.63, 3.8) is 0 Å². The van der Waals surface area contributed by atoms with E-state index < -0.39 is 11.6 Å². The van der Waals surface area contributed by atoms with Gasteiger partial charge in [-0.1, -0.05) is 19.6 Å². The molecule has 0 aliphatic carbocycles. The third-order valence-corrected chi connectivity index (χ3v) is 2.56. The fourth-order valence-electron chi connectivity index (χ4n) is 1.63. The van der Waals surface area contributed by atoms with Gasteiger partial charge >= 0.3 is 11.6 Å². The van der Waals surface area contributed by atoms with Gasteiger partial charge in [0.1, 0.15) is 11.3 Å². The van der Waals surface area contributed by atoms with Crippen LogP contribution in [-0.4, -0.2) is 5.97 Å². The Balaban J connectivity index is 2.62. The lowest BCUT2D eigenvalue weighted by Crippen LogP contribution is -2.07. The number of hydrogen-bond donors (Lipinski definition) is 0. The summed E-state index contributed by atoms with van der Waals surface area (Å²) in [7, 11) is 0. The lowest BCUT2D eigenvalue weighted by atomic mass is 10.1. The molecule has 2 rings (SSSR count). The number of carbonyl (C=O) groups is 1. The quantitative estimate of drug-likeness (QED) is 0.472. The molecule has 0 amide bonds. The Bertz CT molecular complexity index is 667. The van der Waals surface area contributed by atoms with Crippen LogP contribution in [0.1, 0.15) is 12.5 Å². The summed E-state index contributed by atoms with van der Waals surface area (Å²) in [5, 5.41) is 0.585. The molecular weight excluding hydrogens is 232 g/mol. The van der Waals surface area contributed by atoms with Crippen molar-refractivity contribution >= 4 is 16.9 Å². The molecule has 0 fully saturated rings. The number of rotatable bonds is 3. The number of fused-ring (bicyclic) bond motifs is 1. The number of benzene rings is 1. The van der Waals surface area contributed by atoms with Crippen LogP contribution in [0.3, 0.4) is 0 Å². The first-order valence-electron chi connectivity index (χ1n) is 5.55. The molecule has 4 heteroatoms. The molecule has 0 N–H and O–H groups in total. The van der Waals surface area contributed by atoms with Crippen molar-refractivity contribution in [2.24, 2.45) is 0 Å². The van der Waals surface area contributed by atoms with E-state index in [1.807, 2.05) is 13.0 Å². The van der Waals surface area contributed by atoms with Gasteiger partial charge in [0.05, 0.1) is 11.5 Å². The summed E-state index contributed by atoms with van der Waals surface area (Å²) >= 11 is 0. The smallest absolute Gasteiger partial charge is 0.339 e. The Morgan fingerprint density at radius 2 is 2.22 bits per heavy atom. The number of aryl methyl sites for hydroxylation is 1. The molecule has 0 atom stereocenters. The highest BCUT2D eigenvalue weighted by atomic mass is 16.5. The molecule has 1 aromatic carbocycles. The second-order valence-corrected chi connectivity index (χ2v) is 3.74. The molecule has 0 unspecified atom stereocenters. The summed E-state index contributed by atoms with van der Waals surface area (Å²) in [5.74, 6) is -0.421. The van der Waals surface area contributed by atoms with Crippen molar-refractivity contribution in [3.05, 3.63) is 52.9 Å². The largest absolute Gasteiger partial charge is 0.422 e. The molecule has 18 heavy (non-hydrogen) atoms. The van der Waals surface area contributed by atoms with Gasteiger partial charge < -0.3 is 9.15 Å². The van der Waals surface area contributed by atoms with Gasteiger partial charge in [-0.25, -0.2) is 9.59 Å². The van der Waals surface area contributed by atoms with Gasteiger partial charge in [-0.3, -0.25) is 0 Å². The number of hydrogen-bond acceptors (Lipinski definition) is 4. The molecule has 1 aromatic heterocycles. The van der Waals surface area contributed by atoms with Gasteiger partial charge in [-0.2, -0.15) is 0 Å². The topological polar surface area (TPSA) is 56.5 Å². The Labute approximate surface area is 103 Å². The first-order chi connectivity index (χ1) is 8.63. The molecule has 0 aliphatic rings. The van der Waals surface area contributed by atoms with Crippen LogP contribution in [0.5, 0.6) is 5.75 Å². The van der Waals surface area contributed by atoms with Gasteiger partial charge in [-0.05, 0) is 24.1 Å². The van der Waals surface area contributed by atoms with Crippen molar-refractivity contribution in [2.45, 2.75) is 13.3 Å². The number of esters is 1. The second-order valence-electron chi connectivity index (χ2n) is 3.74. The zero-order chi connectivity index (χ0) is 13.1. The van der Waals surface area contributed by atoms with Crippen LogP contribution in [-0.2, 0) is 11.2 Å². The minimum Gasteiger partial charge on any atom is -0.422 e. The van der Waals surface area contributed by atoms with E-state index >= 15 is 0 Å². The molecule has 0 radical (unpaired) electrons. The summed E-state index contributed by atoms with van der Waals surface area (Å²) in [4.78, 5) is 22.6. The summed E-state index contributed by atoms with van der Waals surface area (Å²) in [5.41, 5.74) is 0.897. The normalized spacial score (nSPS) is 10.3. The van der Waals surface area contributed by atoms with E-state index in [1.165, 1.54) is 0 Å². The van der Waals surface area contributed by atoms with Gasteiger partial charge in [0, 0.05) is 6.08 Å². The van der Waals surface area contributed by atoms with E-state index in [0.29, 0.717) is 11.0 Å². The molecule has 4 nitrogen and oxygen atoms in total. The van der Waals surface area contributed by atoms with Gasteiger partial charge in [-0.15, -0.1) is 0 Å². The Kier molecular flexibility index (Phi) is 3.28. The minimum absolute atomic E-state index is 0.189. The SMILES string of the molecule is C=CC(=O)Oc1cc(=O)oc2cc(CC)ccc12. The molecule has 0 aliphatic heterocycles. The summed E-state index contributed by atoms with van der Waals surface area (Å²) in [6, 6.07) is 6.58. The number of carbonyl (C=O) groups excluding carboxylic acids is 1. The van der Waals surface area contributed by atoms with E-state index in [2.05, 4.69) is 6.58 Å². The maximum Gasteiger partial charge on any atom is 0.339 e. The van der Waals surface area contributed by atoms with E-state index in [1.54, 1.807) is 12.1 Å². The zero-order valence-electron chi connectivity index (χ0n) is 9.93. The highest BCUT2D eigenvalue weighted by Gasteiger charge is 2.09. The summed E-state index contributed by atoms with van der Waals surface area (Å²) < 4.78 is 10.1. The maximum absolute atomic E-state index is 11.4. The van der Waals surface area contributed by atoms with Gasteiger partial charge in [0.15, 0.2) is 0 Å². The average molecular weight is 244 g/mol. The first-order valence-corrected chi connectivity index (χ1v) is 5.55. The van der Waals surface area contributed by atoms with Crippen LogP contribution in [0.4, 0.5) is 0 Å². The molecular formula is C14H12O4. The van der Waals surface area contributed by atoms with Crippen molar-refractivity contribution in [3.8, 4) is 5.75 Å². The van der Waals surface area contributed by atoms with Crippen molar-refractivity contribution in [1.29, 1.82) is 0 Å². The molecule has 0 spiro atoms. The van der Waals surface area contributed by atoms with Gasteiger partial charge in [0.2, 0.25) is 0 Å². The van der Waals surface area contributed by atoms with Crippen LogP contribution in [0.2, 0.25) is 0 Å². The van der Waals surface area contributed by atoms with E-state index in [9.17, 15) is 9.59 Å². The second kappa shape index (κ2) is 4.87. The van der Waals surface area contributed by atoms with E-state index in [0.717, 1.165) is 24.1 Å². The highest BCUT2D eigenvalue weighted by molar-refractivity contribution is 5.89. The Morgan fingerprint density at radius 3 is 2.89 bits per heavy atom. The van der Waals surface area contributed by atoms with Crippen LogP contribution in [0.25, 0.3) is 11.0 Å². The van der Waals surface area contributed by atoms with Crippen molar-refractivity contribution in [2.75, 3.05) is 0 Å². The van der Waals surface area contributed by atoms with Crippen molar-refractivity contribution in [1.82, 2.24) is 0 Å². The first kappa shape index (κ1) is 12.1. The van der Waals surface area contributed by atoms with Crippen LogP contribution in [0.15, 0.2) is 46.1 Å². The molecule has 2 aromatic rings.